The molecule has 1 amide bonds. The van der Waals surface area contributed by atoms with Crippen LogP contribution in [0.3, 0.4) is 0 Å². The third kappa shape index (κ3) is 8.30. The van der Waals surface area contributed by atoms with E-state index in [9.17, 15) is 9.59 Å². The van der Waals surface area contributed by atoms with Crippen molar-refractivity contribution >= 4 is 17.6 Å². The van der Waals surface area contributed by atoms with Gasteiger partial charge in [-0.1, -0.05) is 65.2 Å². The number of methoxy groups -OCH3 is 3. The fourth-order valence-corrected chi connectivity index (χ4v) is 4.29. The van der Waals surface area contributed by atoms with Crippen LogP contribution in [-0.4, -0.2) is 33.2 Å². The highest BCUT2D eigenvalue weighted by Gasteiger charge is 2.23. The van der Waals surface area contributed by atoms with Crippen LogP contribution >= 0.6 is 0 Å². The van der Waals surface area contributed by atoms with E-state index < -0.39 is 0 Å². The highest BCUT2D eigenvalue weighted by molar-refractivity contribution is 5.92. The Bertz CT molecular complexity index is 993. The van der Waals surface area contributed by atoms with Crippen LogP contribution < -0.4 is 14.8 Å². The summed E-state index contributed by atoms with van der Waals surface area (Å²) in [6, 6.07) is 11.6. The van der Waals surface area contributed by atoms with Gasteiger partial charge in [0, 0.05) is 18.2 Å². The summed E-state index contributed by atoms with van der Waals surface area (Å²) < 4.78 is 15.8. The first-order valence-electron chi connectivity index (χ1n) is 12.3. The minimum Gasteiger partial charge on any atom is -0.497 e. The summed E-state index contributed by atoms with van der Waals surface area (Å²) in [5.41, 5.74) is 3.39. The fraction of sp³-hybridized carbons (Fsp3) is 0.517. The number of rotatable bonds is 12. The highest BCUT2D eigenvalue weighted by atomic mass is 16.5. The van der Waals surface area contributed by atoms with E-state index in [0.717, 1.165) is 59.6 Å². The van der Waals surface area contributed by atoms with Gasteiger partial charge in [0.05, 0.1) is 27.8 Å². The zero-order valence-electron chi connectivity index (χ0n) is 22.3. The van der Waals surface area contributed by atoms with Gasteiger partial charge in [-0.3, -0.25) is 9.59 Å². The Hall–Kier alpha value is -3.02. The van der Waals surface area contributed by atoms with Crippen LogP contribution in [0.15, 0.2) is 36.4 Å². The van der Waals surface area contributed by atoms with Crippen LogP contribution in [0.5, 0.6) is 11.5 Å². The van der Waals surface area contributed by atoms with Gasteiger partial charge < -0.3 is 19.5 Å². The van der Waals surface area contributed by atoms with E-state index in [0.29, 0.717) is 6.42 Å². The Morgan fingerprint density at radius 3 is 2.31 bits per heavy atom. The smallest absolute Gasteiger partial charge is 0.309 e. The monoisotopic (exact) mass is 483 g/mol. The first kappa shape index (κ1) is 28.2. The normalized spacial score (nSPS) is 12.1. The lowest BCUT2D eigenvalue weighted by molar-refractivity contribution is -0.139. The van der Waals surface area contributed by atoms with Crippen molar-refractivity contribution in [3.8, 4) is 11.5 Å². The van der Waals surface area contributed by atoms with Crippen LogP contribution in [-0.2, 0) is 26.2 Å². The van der Waals surface area contributed by atoms with Crippen molar-refractivity contribution < 1.29 is 23.8 Å². The predicted octanol–water partition coefficient (Wildman–Crippen LogP) is 6.41. The van der Waals surface area contributed by atoms with Gasteiger partial charge in [0.2, 0.25) is 5.91 Å². The fourth-order valence-electron chi connectivity index (χ4n) is 4.29. The molecule has 1 atom stereocenters. The summed E-state index contributed by atoms with van der Waals surface area (Å²) in [7, 11) is 4.65. The van der Waals surface area contributed by atoms with Gasteiger partial charge in [-0.05, 0) is 46.6 Å². The Morgan fingerprint density at radius 1 is 0.971 bits per heavy atom. The molecule has 2 aromatic rings. The minimum atomic E-state index is -0.312. The minimum absolute atomic E-state index is 0.0127. The number of hydrogen-bond donors (Lipinski definition) is 1. The average Bonchev–Trinajstić information content (AvgIpc) is 2.82. The molecule has 2 rings (SSSR count). The van der Waals surface area contributed by atoms with E-state index in [4.69, 9.17) is 14.2 Å². The standard InChI is InChI=1S/C29H41NO5/c1-8-9-10-11-21(23-14-13-22(33-5)19-26(23)34-6)18-27(31)30-25-16-20(17-28(32)35-7)12-15-24(25)29(2,3)4/h12-16,19,21H,8-11,17-18H2,1-7H3,(H,30,31). The number of unbranched alkanes of at least 4 members (excludes halogenated alkanes) is 2. The number of carbonyl (C=O) groups is 2. The maximum atomic E-state index is 13.4. The molecule has 0 heterocycles. The lowest BCUT2D eigenvalue weighted by Crippen LogP contribution is -2.21. The molecule has 0 spiro atoms. The molecule has 0 aliphatic rings. The van der Waals surface area contributed by atoms with Gasteiger partial charge in [-0.2, -0.15) is 0 Å². The molecule has 0 aliphatic heterocycles. The molecule has 6 heteroatoms. The molecule has 0 fully saturated rings. The molecule has 0 aromatic heterocycles. The van der Waals surface area contributed by atoms with Crippen molar-refractivity contribution in [1.29, 1.82) is 0 Å². The first-order chi connectivity index (χ1) is 16.6. The largest absolute Gasteiger partial charge is 0.497 e. The Balaban J connectivity index is 2.33. The summed E-state index contributed by atoms with van der Waals surface area (Å²) in [4.78, 5) is 25.2. The lowest BCUT2D eigenvalue weighted by Gasteiger charge is -2.25. The topological polar surface area (TPSA) is 73.9 Å². The molecule has 35 heavy (non-hydrogen) atoms. The lowest BCUT2D eigenvalue weighted by atomic mass is 9.84. The number of esters is 1. The van der Waals surface area contributed by atoms with Crippen molar-refractivity contribution in [3.05, 3.63) is 53.1 Å². The molecule has 192 valence electrons. The van der Waals surface area contributed by atoms with Crippen LogP contribution in [0.1, 0.15) is 82.4 Å². The molecule has 0 saturated heterocycles. The van der Waals surface area contributed by atoms with Crippen molar-refractivity contribution in [2.75, 3.05) is 26.6 Å². The van der Waals surface area contributed by atoms with E-state index in [1.165, 1.54) is 7.11 Å². The summed E-state index contributed by atoms with van der Waals surface area (Å²) in [6.45, 7) is 8.49. The summed E-state index contributed by atoms with van der Waals surface area (Å²) in [5, 5.41) is 3.14. The SMILES string of the molecule is CCCCCC(CC(=O)Nc1cc(CC(=O)OC)ccc1C(C)(C)C)c1ccc(OC)cc1OC. The number of anilines is 1. The van der Waals surface area contributed by atoms with E-state index in [1.807, 2.05) is 36.4 Å². The second-order valence-electron chi connectivity index (χ2n) is 9.94. The second-order valence-corrected chi connectivity index (χ2v) is 9.94. The molecular weight excluding hydrogens is 442 g/mol. The third-order valence-corrected chi connectivity index (χ3v) is 6.21. The molecule has 0 saturated carbocycles. The van der Waals surface area contributed by atoms with Gasteiger partial charge in [-0.15, -0.1) is 0 Å². The van der Waals surface area contributed by atoms with Crippen molar-refractivity contribution in [3.63, 3.8) is 0 Å². The molecule has 1 unspecified atom stereocenters. The van der Waals surface area contributed by atoms with Gasteiger partial charge in [0.15, 0.2) is 0 Å². The van der Waals surface area contributed by atoms with Gasteiger partial charge in [0.1, 0.15) is 11.5 Å². The zero-order valence-corrected chi connectivity index (χ0v) is 22.3. The quantitative estimate of drug-likeness (QED) is 0.279. The van der Waals surface area contributed by atoms with Gasteiger partial charge >= 0.3 is 5.97 Å². The highest BCUT2D eigenvalue weighted by Crippen LogP contribution is 2.36. The van der Waals surface area contributed by atoms with Crippen LogP contribution in [0, 0.1) is 0 Å². The number of benzene rings is 2. The first-order valence-corrected chi connectivity index (χ1v) is 12.3. The maximum absolute atomic E-state index is 13.4. The second kappa shape index (κ2) is 13.2. The van der Waals surface area contributed by atoms with E-state index >= 15 is 0 Å². The molecule has 0 radical (unpaired) electrons. The van der Waals surface area contributed by atoms with E-state index in [-0.39, 0.29) is 29.6 Å². The molecule has 0 bridgehead atoms. The summed E-state index contributed by atoms with van der Waals surface area (Å²) in [5.74, 6) is 1.09. The van der Waals surface area contributed by atoms with Crippen molar-refractivity contribution in [1.82, 2.24) is 0 Å². The summed E-state index contributed by atoms with van der Waals surface area (Å²) in [6.07, 6.45) is 4.63. The molecule has 0 aliphatic carbocycles. The number of nitrogens with one attached hydrogen (secondary N) is 1. The average molecular weight is 484 g/mol. The van der Waals surface area contributed by atoms with E-state index in [2.05, 4.69) is 33.0 Å². The van der Waals surface area contributed by atoms with Gasteiger partial charge in [-0.25, -0.2) is 0 Å². The van der Waals surface area contributed by atoms with Crippen LogP contribution in [0.25, 0.3) is 0 Å². The van der Waals surface area contributed by atoms with Crippen molar-refractivity contribution in [2.45, 2.75) is 77.6 Å². The summed E-state index contributed by atoms with van der Waals surface area (Å²) >= 11 is 0. The zero-order chi connectivity index (χ0) is 26.0. The Labute approximate surface area is 210 Å². The molecular formula is C29H41NO5. The predicted molar refractivity (Wildman–Crippen MR) is 141 cm³/mol. The maximum Gasteiger partial charge on any atom is 0.309 e. The molecule has 6 nitrogen and oxygen atoms in total. The Morgan fingerprint density at radius 2 is 1.71 bits per heavy atom. The molecule has 1 N–H and O–H groups in total. The Kier molecular flexibility index (Phi) is 10.6. The van der Waals surface area contributed by atoms with Crippen LogP contribution in [0.4, 0.5) is 5.69 Å². The number of amides is 1. The van der Waals surface area contributed by atoms with Crippen molar-refractivity contribution in [2.24, 2.45) is 0 Å². The third-order valence-electron chi connectivity index (χ3n) is 6.21. The van der Waals surface area contributed by atoms with Gasteiger partial charge in [0.25, 0.3) is 0 Å². The number of hydrogen-bond acceptors (Lipinski definition) is 5. The van der Waals surface area contributed by atoms with Crippen LogP contribution in [0.2, 0.25) is 0 Å². The van der Waals surface area contributed by atoms with E-state index in [1.54, 1.807) is 14.2 Å². The number of carbonyl (C=O) groups excluding carboxylic acids is 2. The molecule has 2 aromatic carbocycles. The number of ether oxygens (including phenoxy) is 3.